The fourth-order valence-corrected chi connectivity index (χ4v) is 2.92. The minimum Gasteiger partial charge on any atom is -0.325 e. The summed E-state index contributed by atoms with van der Waals surface area (Å²) < 4.78 is 0. The molecule has 0 saturated carbocycles. The van der Waals surface area contributed by atoms with Crippen molar-refractivity contribution in [2.24, 2.45) is 4.99 Å². The molecule has 25 heavy (non-hydrogen) atoms. The van der Waals surface area contributed by atoms with Crippen molar-refractivity contribution in [3.63, 3.8) is 0 Å². The largest absolute Gasteiger partial charge is 0.325 e. The molecule has 0 atom stereocenters. The normalized spacial score (nSPS) is 12.4. The van der Waals surface area contributed by atoms with Gasteiger partial charge in [-0.1, -0.05) is 25.1 Å². The Labute approximate surface area is 152 Å². The Kier molecular flexibility index (Phi) is 4.99. The molecule has 2 N–H and O–H groups in total. The van der Waals surface area contributed by atoms with E-state index in [0.717, 1.165) is 33.8 Å². The highest BCUT2D eigenvalue weighted by atomic mass is 32.1. The molecule has 0 aliphatic rings. The molecule has 5 nitrogen and oxygen atoms in total. The van der Waals surface area contributed by atoms with Gasteiger partial charge in [-0.2, -0.15) is 0 Å². The number of anilines is 2. The first-order valence-corrected chi connectivity index (χ1v) is 9.24. The van der Waals surface area contributed by atoms with Crippen LogP contribution in [-0.4, -0.2) is 21.5 Å². The van der Waals surface area contributed by atoms with E-state index in [-0.39, 0.29) is 5.54 Å². The summed E-state index contributed by atoms with van der Waals surface area (Å²) >= 11 is 1.55. The molecule has 0 radical (unpaired) electrons. The Bertz CT molecular complexity index is 884. The molecule has 6 heteroatoms. The Morgan fingerprint density at radius 2 is 2.04 bits per heavy atom. The van der Waals surface area contributed by atoms with Crippen LogP contribution in [0.5, 0.6) is 0 Å². The summed E-state index contributed by atoms with van der Waals surface area (Å²) in [6.45, 7) is 8.37. The topological polar surface area (TPSA) is 62.2 Å². The maximum atomic E-state index is 4.87. The molecule has 2 heterocycles. The monoisotopic (exact) mass is 353 g/mol. The zero-order valence-corrected chi connectivity index (χ0v) is 15.8. The molecule has 130 valence electrons. The fraction of sp³-hybridized carbons (Fsp3) is 0.316. The van der Waals surface area contributed by atoms with Gasteiger partial charge in [-0.3, -0.25) is 4.98 Å². The average Bonchev–Trinajstić information content (AvgIpc) is 3.07. The van der Waals surface area contributed by atoms with Crippen LogP contribution in [0.15, 0.2) is 46.9 Å². The molecule has 0 spiro atoms. The van der Waals surface area contributed by atoms with Gasteiger partial charge >= 0.3 is 0 Å². The number of nitrogens with one attached hydrogen (secondary N) is 2. The van der Waals surface area contributed by atoms with E-state index in [1.807, 2.05) is 36.6 Å². The van der Waals surface area contributed by atoms with Crippen molar-refractivity contribution in [3.8, 4) is 0 Å². The van der Waals surface area contributed by atoms with Crippen LogP contribution in [0.1, 0.15) is 32.9 Å². The summed E-state index contributed by atoms with van der Waals surface area (Å²) in [7, 11) is 0. The lowest BCUT2D eigenvalue weighted by atomic mass is 10.0. The quantitative estimate of drug-likeness (QED) is 0.508. The lowest BCUT2D eigenvalue weighted by Gasteiger charge is -2.21. The third-order valence-electron chi connectivity index (χ3n) is 4.03. The smallest absolute Gasteiger partial charge is 0.202 e. The fourth-order valence-electron chi connectivity index (χ4n) is 2.39. The highest BCUT2D eigenvalue weighted by Gasteiger charge is 2.16. The van der Waals surface area contributed by atoms with Crippen molar-refractivity contribution < 1.29 is 0 Å². The van der Waals surface area contributed by atoms with Crippen molar-refractivity contribution >= 4 is 39.0 Å². The van der Waals surface area contributed by atoms with Gasteiger partial charge in [-0.15, -0.1) is 11.3 Å². The van der Waals surface area contributed by atoms with Crippen LogP contribution in [0.2, 0.25) is 0 Å². The van der Waals surface area contributed by atoms with Gasteiger partial charge in [-0.05, 0) is 39.3 Å². The molecular weight excluding hydrogens is 330 g/mol. The van der Waals surface area contributed by atoms with Gasteiger partial charge in [0.2, 0.25) is 5.96 Å². The summed E-state index contributed by atoms with van der Waals surface area (Å²) in [6.07, 6.45) is 2.72. The first kappa shape index (κ1) is 17.4. The van der Waals surface area contributed by atoms with Crippen LogP contribution in [-0.2, 0) is 0 Å². The van der Waals surface area contributed by atoms with Crippen LogP contribution in [0, 0.1) is 6.92 Å². The Hall–Kier alpha value is -2.47. The van der Waals surface area contributed by atoms with Crippen LogP contribution < -0.4 is 10.6 Å². The molecule has 0 saturated heterocycles. The van der Waals surface area contributed by atoms with E-state index in [4.69, 9.17) is 4.99 Å². The van der Waals surface area contributed by atoms with E-state index < -0.39 is 0 Å². The number of nitrogens with zero attached hydrogens (tertiary/aromatic N) is 3. The van der Waals surface area contributed by atoms with Gasteiger partial charge in [0.15, 0.2) is 5.13 Å². The van der Waals surface area contributed by atoms with E-state index in [9.17, 15) is 0 Å². The van der Waals surface area contributed by atoms with Crippen molar-refractivity contribution in [1.82, 2.24) is 9.97 Å². The highest BCUT2D eigenvalue weighted by molar-refractivity contribution is 7.13. The number of fused-ring (bicyclic) bond motifs is 1. The number of thiazole rings is 1. The predicted molar refractivity (Wildman–Crippen MR) is 108 cm³/mol. The van der Waals surface area contributed by atoms with Crippen LogP contribution in [0.3, 0.4) is 0 Å². The van der Waals surface area contributed by atoms with Crippen LogP contribution in [0.25, 0.3) is 10.9 Å². The van der Waals surface area contributed by atoms with Gasteiger partial charge < -0.3 is 10.6 Å². The summed E-state index contributed by atoms with van der Waals surface area (Å²) in [6, 6.07) is 10.2. The zero-order chi connectivity index (χ0) is 17.9. The van der Waals surface area contributed by atoms with E-state index in [1.165, 1.54) is 0 Å². The van der Waals surface area contributed by atoms with Gasteiger partial charge in [0.05, 0.1) is 16.7 Å². The molecule has 0 bridgehead atoms. The minimum absolute atomic E-state index is 0.176. The second-order valence-electron chi connectivity index (χ2n) is 6.54. The Morgan fingerprint density at radius 1 is 1.24 bits per heavy atom. The number of aliphatic imine (C=N–C) groups is 1. The van der Waals surface area contributed by atoms with E-state index in [0.29, 0.717) is 5.96 Å². The highest BCUT2D eigenvalue weighted by Crippen LogP contribution is 2.24. The number of benzene rings is 1. The number of guanidine groups is 1. The Balaban J connectivity index is 2.00. The number of pyridine rings is 1. The second kappa shape index (κ2) is 7.19. The van der Waals surface area contributed by atoms with Crippen molar-refractivity contribution in [1.29, 1.82) is 0 Å². The third-order valence-corrected chi connectivity index (χ3v) is 4.72. The summed E-state index contributed by atoms with van der Waals surface area (Å²) in [5.74, 6) is 0.692. The number of aromatic nitrogens is 2. The molecule has 0 aliphatic carbocycles. The molecule has 0 fully saturated rings. The van der Waals surface area contributed by atoms with Crippen molar-refractivity contribution in [3.05, 3.63) is 47.6 Å². The number of hydrogen-bond acceptors (Lipinski definition) is 4. The van der Waals surface area contributed by atoms with Crippen LogP contribution >= 0.6 is 11.3 Å². The summed E-state index contributed by atoms with van der Waals surface area (Å²) in [4.78, 5) is 13.8. The first-order valence-electron chi connectivity index (χ1n) is 8.36. The number of aryl methyl sites for hydroxylation is 1. The lowest BCUT2D eigenvalue weighted by Crippen LogP contribution is -2.28. The lowest BCUT2D eigenvalue weighted by molar-refractivity contribution is 0.505. The zero-order valence-electron chi connectivity index (χ0n) is 15.0. The third kappa shape index (κ3) is 4.33. The SMILES string of the molecule is CCC(C)(C)N=C(Nc1nccs1)Nc1cc(C)nc2ccccc12. The molecule has 0 unspecified atom stereocenters. The Morgan fingerprint density at radius 3 is 2.76 bits per heavy atom. The average molecular weight is 353 g/mol. The van der Waals surface area contributed by atoms with Crippen molar-refractivity contribution in [2.45, 2.75) is 39.7 Å². The molecule has 0 amide bonds. The molecular formula is C19H23N5S. The van der Waals surface area contributed by atoms with E-state index in [1.54, 1.807) is 17.5 Å². The van der Waals surface area contributed by atoms with Crippen LogP contribution in [0.4, 0.5) is 10.8 Å². The van der Waals surface area contributed by atoms with E-state index in [2.05, 4.69) is 47.4 Å². The maximum absolute atomic E-state index is 4.87. The standard InChI is InChI=1S/C19H23N5S/c1-5-19(3,4)24-17(23-18-20-10-11-25-18)22-16-12-13(2)21-15-9-7-6-8-14(15)16/h6-12H,5H2,1-4H3,(H2,20,21,22,23,24). The summed E-state index contributed by atoms with van der Waals surface area (Å²) in [5.41, 5.74) is 2.74. The van der Waals surface area contributed by atoms with Gasteiger partial charge in [-0.25, -0.2) is 9.98 Å². The molecule has 2 aromatic heterocycles. The number of para-hydroxylation sites is 1. The maximum Gasteiger partial charge on any atom is 0.202 e. The second-order valence-corrected chi connectivity index (χ2v) is 7.44. The van der Waals surface area contributed by atoms with Gasteiger partial charge in [0.25, 0.3) is 0 Å². The number of rotatable bonds is 4. The van der Waals surface area contributed by atoms with Crippen molar-refractivity contribution in [2.75, 3.05) is 10.6 Å². The summed E-state index contributed by atoms with van der Waals surface area (Å²) in [5, 5.41) is 10.6. The minimum atomic E-state index is -0.176. The number of hydrogen-bond donors (Lipinski definition) is 2. The first-order chi connectivity index (χ1) is 12.0. The molecule has 0 aliphatic heterocycles. The molecule has 1 aromatic carbocycles. The molecule has 3 aromatic rings. The van der Waals surface area contributed by atoms with Gasteiger partial charge in [0.1, 0.15) is 0 Å². The van der Waals surface area contributed by atoms with Gasteiger partial charge in [0, 0.05) is 22.7 Å². The van der Waals surface area contributed by atoms with E-state index >= 15 is 0 Å². The molecule has 3 rings (SSSR count). The predicted octanol–water partition coefficient (Wildman–Crippen LogP) is 5.07.